The van der Waals surface area contributed by atoms with Crippen LogP contribution in [-0.2, 0) is 6.54 Å². The van der Waals surface area contributed by atoms with Gasteiger partial charge in [0.2, 0.25) is 0 Å². The van der Waals surface area contributed by atoms with E-state index in [4.69, 9.17) is 11.6 Å². The van der Waals surface area contributed by atoms with Gasteiger partial charge in [0.05, 0.1) is 5.56 Å². The molecule has 0 aliphatic carbocycles. The van der Waals surface area contributed by atoms with Crippen LogP contribution in [0.4, 0.5) is 4.39 Å². The van der Waals surface area contributed by atoms with Crippen molar-refractivity contribution in [2.75, 3.05) is 0 Å². The van der Waals surface area contributed by atoms with Crippen molar-refractivity contribution in [3.8, 4) is 0 Å². The van der Waals surface area contributed by atoms with Crippen LogP contribution in [-0.4, -0.2) is 5.91 Å². The summed E-state index contributed by atoms with van der Waals surface area (Å²) < 4.78 is 14.2. The van der Waals surface area contributed by atoms with Crippen molar-refractivity contribution in [3.63, 3.8) is 0 Å². The number of aryl methyl sites for hydroxylation is 2. The molecule has 5 heteroatoms. The van der Waals surface area contributed by atoms with Gasteiger partial charge in [-0.2, -0.15) is 0 Å². The van der Waals surface area contributed by atoms with Crippen LogP contribution < -0.4 is 5.32 Å². The fourth-order valence-corrected chi connectivity index (χ4v) is 2.69. The first-order valence-corrected chi connectivity index (χ1v) is 7.54. The zero-order valence-corrected chi connectivity index (χ0v) is 14.0. The first-order valence-electron chi connectivity index (χ1n) is 6.37. The molecule has 2 aromatic carbocycles. The summed E-state index contributed by atoms with van der Waals surface area (Å²) in [5, 5.41) is 3.30. The molecule has 0 bridgehead atoms. The molecule has 2 rings (SSSR count). The highest BCUT2D eigenvalue weighted by Gasteiger charge is 2.11. The van der Waals surface area contributed by atoms with E-state index in [1.807, 2.05) is 0 Å². The molecule has 0 saturated heterocycles. The second-order valence-corrected chi connectivity index (χ2v) is 6.14. The lowest BCUT2D eigenvalue weighted by Gasteiger charge is -2.10. The van der Waals surface area contributed by atoms with E-state index in [1.54, 1.807) is 44.2 Å². The molecule has 1 amide bonds. The quantitative estimate of drug-likeness (QED) is 0.827. The Balaban J connectivity index is 2.13. The van der Waals surface area contributed by atoms with Crippen molar-refractivity contribution in [1.82, 2.24) is 5.32 Å². The number of hydrogen-bond acceptors (Lipinski definition) is 1. The highest BCUT2D eigenvalue weighted by molar-refractivity contribution is 9.10. The van der Waals surface area contributed by atoms with Crippen molar-refractivity contribution >= 4 is 33.4 Å². The lowest BCUT2D eigenvalue weighted by atomic mass is 10.1. The lowest BCUT2D eigenvalue weighted by molar-refractivity contribution is 0.0950. The van der Waals surface area contributed by atoms with E-state index >= 15 is 0 Å². The van der Waals surface area contributed by atoms with Crippen molar-refractivity contribution in [3.05, 3.63) is 67.9 Å². The Bertz CT molecular complexity index is 680. The van der Waals surface area contributed by atoms with E-state index in [0.717, 1.165) is 5.56 Å². The minimum Gasteiger partial charge on any atom is -0.348 e. The van der Waals surface area contributed by atoms with E-state index in [9.17, 15) is 9.18 Å². The monoisotopic (exact) mass is 369 g/mol. The number of hydrogen-bond donors (Lipinski definition) is 1. The molecule has 0 heterocycles. The largest absolute Gasteiger partial charge is 0.348 e. The smallest absolute Gasteiger partial charge is 0.252 e. The van der Waals surface area contributed by atoms with Gasteiger partial charge < -0.3 is 5.32 Å². The van der Waals surface area contributed by atoms with Gasteiger partial charge in [0.1, 0.15) is 5.82 Å². The Morgan fingerprint density at radius 2 is 1.86 bits per heavy atom. The summed E-state index contributed by atoms with van der Waals surface area (Å²) in [6, 6.07) is 8.49. The molecule has 0 saturated carbocycles. The molecule has 0 atom stereocenters. The minimum atomic E-state index is -0.232. The molecule has 0 radical (unpaired) electrons. The SMILES string of the molecule is Cc1cc(CNC(=O)c2cc(Cl)ccc2Br)cc(C)c1F. The molecular weight excluding hydrogens is 357 g/mol. The Labute approximate surface area is 136 Å². The summed E-state index contributed by atoms with van der Waals surface area (Å²) in [4.78, 5) is 12.2. The molecule has 110 valence electrons. The summed E-state index contributed by atoms with van der Waals surface area (Å²) in [7, 11) is 0. The molecule has 0 unspecified atom stereocenters. The van der Waals surface area contributed by atoms with E-state index in [0.29, 0.717) is 32.7 Å². The number of benzene rings is 2. The van der Waals surface area contributed by atoms with Crippen LogP contribution in [0.25, 0.3) is 0 Å². The maximum absolute atomic E-state index is 13.6. The molecule has 0 aliphatic heterocycles. The molecule has 2 nitrogen and oxygen atoms in total. The normalized spacial score (nSPS) is 10.5. The van der Waals surface area contributed by atoms with Gasteiger partial charge in [-0.3, -0.25) is 4.79 Å². The third-order valence-corrected chi connectivity index (χ3v) is 4.05. The highest BCUT2D eigenvalue weighted by Crippen LogP contribution is 2.21. The summed E-state index contributed by atoms with van der Waals surface area (Å²) in [6.45, 7) is 3.75. The first kappa shape index (κ1) is 16.0. The summed E-state index contributed by atoms with van der Waals surface area (Å²) >= 11 is 9.22. The standard InChI is InChI=1S/C16H14BrClFNO/c1-9-5-11(6-10(2)15(9)19)8-20-16(21)13-7-12(18)3-4-14(13)17/h3-7H,8H2,1-2H3,(H,20,21). The highest BCUT2D eigenvalue weighted by atomic mass is 79.9. The van der Waals surface area contributed by atoms with Crippen molar-refractivity contribution in [2.45, 2.75) is 20.4 Å². The molecule has 2 aromatic rings. The van der Waals surface area contributed by atoms with E-state index in [1.165, 1.54) is 0 Å². The van der Waals surface area contributed by atoms with Crippen LogP contribution in [0.3, 0.4) is 0 Å². The van der Waals surface area contributed by atoms with Crippen LogP contribution in [0.15, 0.2) is 34.8 Å². The van der Waals surface area contributed by atoms with E-state index in [2.05, 4.69) is 21.2 Å². The third-order valence-electron chi connectivity index (χ3n) is 3.12. The molecule has 0 spiro atoms. The number of amides is 1. The van der Waals surface area contributed by atoms with Crippen LogP contribution >= 0.6 is 27.5 Å². The van der Waals surface area contributed by atoms with Crippen LogP contribution in [0, 0.1) is 19.7 Å². The Morgan fingerprint density at radius 3 is 2.48 bits per heavy atom. The van der Waals surface area contributed by atoms with Gasteiger partial charge in [-0.15, -0.1) is 0 Å². The Kier molecular flexibility index (Phi) is 5.01. The topological polar surface area (TPSA) is 29.1 Å². The number of rotatable bonds is 3. The van der Waals surface area contributed by atoms with Gasteiger partial charge in [0, 0.05) is 16.0 Å². The van der Waals surface area contributed by atoms with Gasteiger partial charge in [0.25, 0.3) is 5.91 Å². The zero-order chi connectivity index (χ0) is 15.6. The second kappa shape index (κ2) is 6.58. The van der Waals surface area contributed by atoms with Crippen molar-refractivity contribution < 1.29 is 9.18 Å². The Hall–Kier alpha value is -1.39. The molecule has 21 heavy (non-hydrogen) atoms. The summed E-state index contributed by atoms with van der Waals surface area (Å²) in [5.41, 5.74) is 2.47. The molecule has 0 aromatic heterocycles. The van der Waals surface area contributed by atoms with Crippen LogP contribution in [0.1, 0.15) is 27.0 Å². The molecule has 0 fully saturated rings. The van der Waals surface area contributed by atoms with Gasteiger partial charge in [-0.25, -0.2) is 4.39 Å². The van der Waals surface area contributed by atoms with Gasteiger partial charge in [-0.05, 0) is 64.7 Å². The maximum atomic E-state index is 13.6. The summed E-state index contributed by atoms with van der Waals surface area (Å²) in [5.74, 6) is -0.438. The fourth-order valence-electron chi connectivity index (χ4n) is 2.09. The molecule has 0 aliphatic rings. The zero-order valence-electron chi connectivity index (χ0n) is 11.6. The van der Waals surface area contributed by atoms with E-state index < -0.39 is 0 Å². The van der Waals surface area contributed by atoms with Crippen LogP contribution in [0.2, 0.25) is 5.02 Å². The predicted molar refractivity (Wildman–Crippen MR) is 86.2 cm³/mol. The van der Waals surface area contributed by atoms with Gasteiger partial charge in [-0.1, -0.05) is 23.7 Å². The minimum absolute atomic E-state index is 0.206. The van der Waals surface area contributed by atoms with Crippen LogP contribution in [0.5, 0.6) is 0 Å². The van der Waals surface area contributed by atoms with Gasteiger partial charge in [0.15, 0.2) is 0 Å². The van der Waals surface area contributed by atoms with E-state index in [-0.39, 0.29) is 11.7 Å². The number of nitrogens with one attached hydrogen (secondary N) is 1. The average Bonchev–Trinajstić information content (AvgIpc) is 2.44. The number of carbonyl (C=O) groups excluding carboxylic acids is 1. The Morgan fingerprint density at radius 1 is 1.24 bits per heavy atom. The first-order chi connectivity index (χ1) is 9.88. The third kappa shape index (κ3) is 3.83. The molecular formula is C16H14BrClFNO. The lowest BCUT2D eigenvalue weighted by Crippen LogP contribution is -2.23. The second-order valence-electron chi connectivity index (χ2n) is 4.85. The number of carbonyl (C=O) groups is 1. The maximum Gasteiger partial charge on any atom is 0.252 e. The molecule has 1 N–H and O–H groups in total. The van der Waals surface area contributed by atoms with Crippen molar-refractivity contribution in [1.29, 1.82) is 0 Å². The van der Waals surface area contributed by atoms with Crippen molar-refractivity contribution in [2.24, 2.45) is 0 Å². The predicted octanol–water partition coefficient (Wildman–Crippen LogP) is 4.79. The number of halogens is 3. The summed E-state index contributed by atoms with van der Waals surface area (Å²) in [6.07, 6.45) is 0. The average molecular weight is 371 g/mol. The fraction of sp³-hybridized carbons (Fsp3) is 0.188. The van der Waals surface area contributed by atoms with Gasteiger partial charge >= 0.3 is 0 Å².